The molecule has 0 aliphatic rings. The van der Waals surface area contributed by atoms with Crippen molar-refractivity contribution in [3.8, 4) is 5.75 Å². The number of esters is 1. The van der Waals surface area contributed by atoms with Crippen LogP contribution in [0.3, 0.4) is 0 Å². The van der Waals surface area contributed by atoms with Gasteiger partial charge in [-0.2, -0.15) is 0 Å². The SMILES string of the molecule is CCOC(=O)CCNC(=O)C(c1ccccc1O)N(C(=O)C(C)NC(=O)OC(C)(C)C)C(C)(C)C. The molecule has 0 aliphatic carbocycles. The van der Waals surface area contributed by atoms with E-state index < -0.39 is 47.1 Å². The summed E-state index contributed by atoms with van der Waals surface area (Å²) < 4.78 is 10.1. The Morgan fingerprint density at radius 1 is 1.06 bits per heavy atom. The lowest BCUT2D eigenvalue weighted by atomic mass is 9.95. The van der Waals surface area contributed by atoms with Crippen molar-refractivity contribution in [1.82, 2.24) is 15.5 Å². The molecule has 0 aromatic heterocycles. The molecule has 3 amide bonds. The minimum absolute atomic E-state index is 0.0142. The van der Waals surface area contributed by atoms with Gasteiger partial charge in [-0.15, -0.1) is 0 Å². The van der Waals surface area contributed by atoms with Gasteiger partial charge >= 0.3 is 12.1 Å². The number of nitrogens with one attached hydrogen (secondary N) is 2. The fraction of sp³-hybridized carbons (Fsp3) is 0.600. The molecular formula is C25H39N3O7. The Balaban J connectivity index is 3.31. The van der Waals surface area contributed by atoms with E-state index in [-0.39, 0.29) is 30.9 Å². The normalized spacial score (nSPS) is 13.3. The van der Waals surface area contributed by atoms with E-state index in [1.165, 1.54) is 17.9 Å². The van der Waals surface area contributed by atoms with E-state index in [9.17, 15) is 24.3 Å². The third-order valence-electron chi connectivity index (χ3n) is 4.74. The number of rotatable bonds is 9. The summed E-state index contributed by atoms with van der Waals surface area (Å²) in [6.07, 6.45) is -0.821. The maximum atomic E-state index is 13.6. The molecule has 196 valence electrons. The van der Waals surface area contributed by atoms with Crippen molar-refractivity contribution in [1.29, 1.82) is 0 Å². The van der Waals surface area contributed by atoms with Crippen LogP contribution in [0.5, 0.6) is 5.75 Å². The molecule has 1 aromatic carbocycles. The first-order chi connectivity index (χ1) is 16.1. The smallest absolute Gasteiger partial charge is 0.408 e. The van der Waals surface area contributed by atoms with E-state index in [0.29, 0.717) is 0 Å². The summed E-state index contributed by atoms with van der Waals surface area (Å²) in [6, 6.07) is 3.93. The Hall–Kier alpha value is -3.30. The van der Waals surface area contributed by atoms with Crippen molar-refractivity contribution in [2.45, 2.75) is 85.0 Å². The van der Waals surface area contributed by atoms with Crippen molar-refractivity contribution < 1.29 is 33.8 Å². The number of carbonyl (C=O) groups is 4. The lowest BCUT2D eigenvalue weighted by Crippen LogP contribution is -2.58. The average Bonchev–Trinajstić information content (AvgIpc) is 2.69. The molecule has 0 bridgehead atoms. The van der Waals surface area contributed by atoms with Crippen LogP contribution in [0.4, 0.5) is 4.79 Å². The number of para-hydroxylation sites is 1. The summed E-state index contributed by atoms with van der Waals surface area (Å²) in [5.41, 5.74) is -1.45. The number of carbonyl (C=O) groups excluding carboxylic acids is 4. The van der Waals surface area contributed by atoms with Gasteiger partial charge in [0.1, 0.15) is 23.4 Å². The molecule has 0 radical (unpaired) electrons. The van der Waals surface area contributed by atoms with Gasteiger partial charge in [-0.25, -0.2) is 4.79 Å². The molecular weight excluding hydrogens is 454 g/mol. The van der Waals surface area contributed by atoms with Gasteiger partial charge in [0.05, 0.1) is 13.0 Å². The predicted octanol–water partition coefficient (Wildman–Crippen LogP) is 3.04. The number of phenols is 1. The topological polar surface area (TPSA) is 134 Å². The Morgan fingerprint density at radius 3 is 2.17 bits per heavy atom. The van der Waals surface area contributed by atoms with Crippen LogP contribution in [-0.2, 0) is 23.9 Å². The van der Waals surface area contributed by atoms with Crippen LogP contribution < -0.4 is 10.6 Å². The molecule has 1 rings (SSSR count). The van der Waals surface area contributed by atoms with Crippen LogP contribution >= 0.6 is 0 Å². The van der Waals surface area contributed by atoms with E-state index in [1.54, 1.807) is 66.7 Å². The summed E-state index contributed by atoms with van der Waals surface area (Å²) in [5.74, 6) is -1.79. The predicted molar refractivity (Wildman–Crippen MR) is 131 cm³/mol. The van der Waals surface area contributed by atoms with Gasteiger partial charge in [0.2, 0.25) is 11.8 Å². The zero-order chi connectivity index (χ0) is 27.0. The number of alkyl carbamates (subject to hydrolysis) is 1. The maximum absolute atomic E-state index is 13.6. The highest BCUT2D eigenvalue weighted by Crippen LogP contribution is 2.34. The molecule has 0 saturated carbocycles. The number of aromatic hydroxyl groups is 1. The van der Waals surface area contributed by atoms with Gasteiger partial charge in [-0.05, 0) is 61.5 Å². The third-order valence-corrected chi connectivity index (χ3v) is 4.74. The van der Waals surface area contributed by atoms with Gasteiger partial charge in [0.15, 0.2) is 0 Å². The quantitative estimate of drug-likeness (QED) is 0.450. The molecule has 3 N–H and O–H groups in total. The van der Waals surface area contributed by atoms with E-state index in [2.05, 4.69) is 10.6 Å². The van der Waals surface area contributed by atoms with Gasteiger partial charge < -0.3 is 30.1 Å². The monoisotopic (exact) mass is 493 g/mol. The van der Waals surface area contributed by atoms with Crippen molar-refractivity contribution in [3.05, 3.63) is 29.8 Å². The number of ether oxygens (including phenoxy) is 2. The number of benzene rings is 1. The first-order valence-electron chi connectivity index (χ1n) is 11.6. The largest absolute Gasteiger partial charge is 0.508 e. The summed E-state index contributed by atoms with van der Waals surface area (Å²) in [7, 11) is 0. The first kappa shape index (κ1) is 29.7. The van der Waals surface area contributed by atoms with E-state index >= 15 is 0 Å². The molecule has 2 unspecified atom stereocenters. The number of nitrogens with zero attached hydrogens (tertiary/aromatic N) is 1. The summed E-state index contributed by atoms with van der Waals surface area (Å²) >= 11 is 0. The zero-order valence-electron chi connectivity index (χ0n) is 21.9. The number of amides is 3. The number of phenolic OH excluding ortho intramolecular Hbond substituents is 1. The van der Waals surface area contributed by atoms with Crippen molar-refractivity contribution >= 4 is 23.9 Å². The van der Waals surface area contributed by atoms with Crippen molar-refractivity contribution in [3.63, 3.8) is 0 Å². The number of hydrogen-bond acceptors (Lipinski definition) is 7. The van der Waals surface area contributed by atoms with Gasteiger partial charge in [-0.3, -0.25) is 14.4 Å². The molecule has 10 nitrogen and oxygen atoms in total. The third kappa shape index (κ3) is 9.46. The van der Waals surface area contributed by atoms with Crippen LogP contribution in [0.25, 0.3) is 0 Å². The molecule has 0 fully saturated rings. The minimum Gasteiger partial charge on any atom is -0.508 e. The average molecular weight is 494 g/mol. The fourth-order valence-corrected chi connectivity index (χ4v) is 3.33. The Kier molecular flexibility index (Phi) is 10.5. The molecule has 35 heavy (non-hydrogen) atoms. The highest BCUT2D eigenvalue weighted by molar-refractivity contribution is 5.93. The van der Waals surface area contributed by atoms with Crippen LogP contribution in [0.1, 0.15) is 73.4 Å². The second-order valence-electron chi connectivity index (χ2n) is 10.1. The summed E-state index contributed by atoms with van der Waals surface area (Å²) in [5, 5.41) is 15.7. The lowest BCUT2D eigenvalue weighted by Gasteiger charge is -2.42. The Morgan fingerprint density at radius 2 is 1.66 bits per heavy atom. The lowest BCUT2D eigenvalue weighted by molar-refractivity contribution is -0.148. The molecule has 1 aromatic rings. The highest BCUT2D eigenvalue weighted by Gasteiger charge is 2.41. The highest BCUT2D eigenvalue weighted by atomic mass is 16.6. The molecule has 0 spiro atoms. The standard InChI is InChI=1S/C25H39N3O7/c1-9-34-19(30)14-15-26-21(31)20(17-12-10-11-13-18(17)29)28(24(3,4)5)22(32)16(2)27-23(33)35-25(6,7)8/h10-13,16,20,29H,9,14-15H2,1-8H3,(H,26,31)(H,27,33). The Bertz CT molecular complexity index is 903. The number of hydrogen-bond donors (Lipinski definition) is 3. The summed E-state index contributed by atoms with van der Waals surface area (Å²) in [6.45, 7) is 13.7. The van der Waals surface area contributed by atoms with Crippen LogP contribution in [0.2, 0.25) is 0 Å². The van der Waals surface area contributed by atoms with Gasteiger partial charge in [0, 0.05) is 17.6 Å². The van der Waals surface area contributed by atoms with Gasteiger partial charge in [0.25, 0.3) is 0 Å². The van der Waals surface area contributed by atoms with Crippen LogP contribution in [0, 0.1) is 0 Å². The molecule has 0 aliphatic heterocycles. The van der Waals surface area contributed by atoms with E-state index in [4.69, 9.17) is 9.47 Å². The summed E-state index contributed by atoms with van der Waals surface area (Å²) in [4.78, 5) is 52.2. The van der Waals surface area contributed by atoms with Crippen LogP contribution in [-0.4, -0.2) is 64.2 Å². The van der Waals surface area contributed by atoms with E-state index in [0.717, 1.165) is 0 Å². The second-order valence-corrected chi connectivity index (χ2v) is 10.1. The fourth-order valence-electron chi connectivity index (χ4n) is 3.33. The molecule has 0 heterocycles. The molecule has 2 atom stereocenters. The van der Waals surface area contributed by atoms with Gasteiger partial charge in [-0.1, -0.05) is 18.2 Å². The van der Waals surface area contributed by atoms with Crippen molar-refractivity contribution in [2.24, 2.45) is 0 Å². The van der Waals surface area contributed by atoms with Crippen LogP contribution in [0.15, 0.2) is 24.3 Å². The first-order valence-corrected chi connectivity index (χ1v) is 11.6. The van der Waals surface area contributed by atoms with E-state index in [1.807, 2.05) is 0 Å². The Labute approximate surface area is 207 Å². The van der Waals surface area contributed by atoms with Crippen molar-refractivity contribution in [2.75, 3.05) is 13.2 Å². The zero-order valence-corrected chi connectivity index (χ0v) is 21.9. The molecule has 10 heteroatoms. The maximum Gasteiger partial charge on any atom is 0.408 e. The minimum atomic E-state index is -1.24. The molecule has 0 saturated heterocycles. The second kappa shape index (κ2) is 12.4.